The van der Waals surface area contributed by atoms with Gasteiger partial charge in [0.2, 0.25) is 0 Å². The first-order chi connectivity index (χ1) is 12.7. The van der Waals surface area contributed by atoms with Crippen LogP contribution >= 0.6 is 22.9 Å². The second-order valence-electron chi connectivity index (χ2n) is 6.10. The third-order valence-corrected chi connectivity index (χ3v) is 5.87. The summed E-state index contributed by atoms with van der Waals surface area (Å²) in [6.07, 6.45) is -4.78. The van der Waals surface area contributed by atoms with E-state index in [0.29, 0.717) is 21.7 Å². The monoisotopic (exact) mass is 433 g/mol. The van der Waals surface area contributed by atoms with E-state index >= 15 is 0 Å². The molecule has 0 spiro atoms. The fraction of sp³-hybridized carbons (Fsp3) is 0.158. The summed E-state index contributed by atoms with van der Waals surface area (Å²) in [6.45, 7) is 1.80. The van der Waals surface area contributed by atoms with Gasteiger partial charge in [-0.2, -0.15) is 0 Å². The molecule has 0 radical (unpaired) electrons. The number of nitrogens with one attached hydrogen (secondary N) is 1. The first-order valence-corrected chi connectivity index (χ1v) is 9.19. The Labute approximate surface area is 190 Å². The maximum Gasteiger partial charge on any atom is 1.00 e. The van der Waals surface area contributed by atoms with Crippen LogP contribution in [0.3, 0.4) is 0 Å². The van der Waals surface area contributed by atoms with Crippen LogP contribution in [0.25, 0.3) is 27.0 Å². The zero-order valence-corrected chi connectivity index (χ0v) is 18.4. The minimum atomic E-state index is -4.78. The smallest absolute Gasteiger partial charge is 0.871 e. The Morgan fingerprint density at radius 2 is 1.89 bits per heavy atom. The second-order valence-corrected chi connectivity index (χ2v) is 7.56. The van der Waals surface area contributed by atoms with Gasteiger partial charge in [0, 0.05) is 26.2 Å². The van der Waals surface area contributed by atoms with Crippen molar-refractivity contribution in [1.29, 1.82) is 0 Å². The molecule has 4 rings (SSSR count). The van der Waals surface area contributed by atoms with Crippen LogP contribution in [0.2, 0.25) is 0 Å². The first-order valence-electron chi connectivity index (χ1n) is 8.00. The van der Waals surface area contributed by atoms with Crippen LogP contribution in [0.1, 0.15) is 12.5 Å². The minimum Gasteiger partial charge on any atom is -0.871 e. The molecule has 28 heavy (non-hydrogen) atoms. The average molecular weight is 434 g/mol. The molecule has 1 aliphatic heterocycles. The number of fused-ring (bicyclic) bond motifs is 3. The summed E-state index contributed by atoms with van der Waals surface area (Å²) in [6, 6.07) is 10.8. The summed E-state index contributed by atoms with van der Waals surface area (Å²) in [7, 11) is 0. The van der Waals surface area contributed by atoms with Crippen molar-refractivity contribution in [2.24, 2.45) is 0 Å². The number of benzene rings is 2. The molecular formula is C19H12ClF3NNaO2S. The standard InChI is InChI=1S/C19H13ClF3NO2S.Na/c1-9-16(20)17(25)15-12-7-6-10(8-14(12)27-18(15)24-9)11-4-2-3-5-13(11)26-19(21,22)23;/h2-9,24-25H,1H3;/q;+1/p-1. The Morgan fingerprint density at radius 3 is 2.61 bits per heavy atom. The number of thiophene rings is 1. The number of para-hydroxylation sites is 1. The van der Waals surface area contributed by atoms with E-state index in [-0.39, 0.29) is 52.1 Å². The quantitative estimate of drug-likeness (QED) is 0.632. The van der Waals surface area contributed by atoms with Gasteiger partial charge in [-0.25, -0.2) is 0 Å². The molecule has 0 fully saturated rings. The molecule has 0 amide bonds. The van der Waals surface area contributed by atoms with Crippen LogP contribution in [0.15, 0.2) is 47.5 Å². The molecular weight excluding hydrogens is 422 g/mol. The molecule has 0 saturated heterocycles. The van der Waals surface area contributed by atoms with Crippen LogP contribution in [0.4, 0.5) is 18.2 Å². The summed E-state index contributed by atoms with van der Waals surface area (Å²) in [5.74, 6) is -0.498. The van der Waals surface area contributed by atoms with E-state index in [1.807, 2.05) is 0 Å². The Hall–Kier alpha value is -1.38. The Bertz CT molecular complexity index is 1080. The molecule has 140 valence electrons. The van der Waals surface area contributed by atoms with Crippen molar-refractivity contribution < 1.29 is 52.6 Å². The number of hydrogen-bond acceptors (Lipinski definition) is 4. The van der Waals surface area contributed by atoms with Crippen molar-refractivity contribution in [3.8, 4) is 16.9 Å². The summed E-state index contributed by atoms with van der Waals surface area (Å²) in [5, 5.41) is 17.4. The normalized spacial score (nSPS) is 16.4. The molecule has 2 heterocycles. The van der Waals surface area contributed by atoms with Crippen LogP contribution in [0.5, 0.6) is 5.75 Å². The van der Waals surface area contributed by atoms with E-state index in [9.17, 15) is 18.3 Å². The number of halogens is 4. The van der Waals surface area contributed by atoms with E-state index in [1.54, 1.807) is 37.3 Å². The van der Waals surface area contributed by atoms with Crippen molar-refractivity contribution in [1.82, 2.24) is 0 Å². The van der Waals surface area contributed by atoms with E-state index in [4.69, 9.17) is 11.6 Å². The van der Waals surface area contributed by atoms with Crippen LogP contribution < -0.4 is 44.7 Å². The minimum absolute atomic E-state index is 0. The van der Waals surface area contributed by atoms with Gasteiger partial charge in [-0.15, -0.1) is 24.5 Å². The van der Waals surface area contributed by atoms with Crippen molar-refractivity contribution in [2.75, 3.05) is 5.32 Å². The summed E-state index contributed by atoms with van der Waals surface area (Å²) in [4.78, 5) is 0. The van der Waals surface area contributed by atoms with Gasteiger partial charge in [0.1, 0.15) is 5.75 Å². The maximum atomic E-state index is 12.7. The molecule has 9 heteroatoms. The number of hydrogen-bond donors (Lipinski definition) is 1. The fourth-order valence-electron chi connectivity index (χ4n) is 3.09. The molecule has 3 nitrogen and oxygen atoms in total. The van der Waals surface area contributed by atoms with E-state index in [2.05, 4.69) is 10.1 Å². The fourth-order valence-corrected chi connectivity index (χ4v) is 4.46. The number of ether oxygens (including phenoxy) is 1. The molecule has 0 aliphatic carbocycles. The van der Waals surface area contributed by atoms with Crippen molar-refractivity contribution in [3.05, 3.63) is 53.1 Å². The maximum absolute atomic E-state index is 12.7. The molecule has 0 bridgehead atoms. The Balaban J connectivity index is 0.00000225. The molecule has 1 aromatic heterocycles. The van der Waals surface area contributed by atoms with Crippen molar-refractivity contribution in [2.45, 2.75) is 19.3 Å². The predicted octanol–water partition coefficient (Wildman–Crippen LogP) is 2.55. The number of alkyl halides is 3. The topological polar surface area (TPSA) is 44.3 Å². The zero-order chi connectivity index (χ0) is 19.3. The Morgan fingerprint density at radius 1 is 1.18 bits per heavy atom. The zero-order valence-electron chi connectivity index (χ0n) is 14.9. The molecule has 0 saturated carbocycles. The molecule has 2 aromatic carbocycles. The van der Waals surface area contributed by atoms with Gasteiger partial charge in [0.25, 0.3) is 0 Å². The van der Waals surface area contributed by atoms with Gasteiger partial charge < -0.3 is 15.2 Å². The molecule has 1 unspecified atom stereocenters. The largest absolute Gasteiger partial charge is 1.00 e. The molecule has 1 aliphatic rings. The molecule has 1 N–H and O–H groups in total. The van der Waals surface area contributed by atoms with Gasteiger partial charge in [-0.3, -0.25) is 0 Å². The third kappa shape index (κ3) is 3.86. The summed E-state index contributed by atoms with van der Waals surface area (Å²) >= 11 is 7.47. The Kier molecular flexibility index (Phi) is 5.94. The second kappa shape index (κ2) is 7.80. The van der Waals surface area contributed by atoms with Gasteiger partial charge in [0.15, 0.2) is 0 Å². The summed E-state index contributed by atoms with van der Waals surface area (Å²) in [5.41, 5.74) is 1.39. The average Bonchev–Trinajstić information content (AvgIpc) is 2.96. The van der Waals surface area contributed by atoms with Gasteiger partial charge in [-0.05, 0) is 24.6 Å². The van der Waals surface area contributed by atoms with Gasteiger partial charge in [-0.1, -0.05) is 47.7 Å². The third-order valence-electron chi connectivity index (χ3n) is 4.29. The van der Waals surface area contributed by atoms with E-state index in [0.717, 1.165) is 10.1 Å². The number of anilines is 1. The van der Waals surface area contributed by atoms with Crippen LogP contribution in [-0.2, 0) is 0 Å². The van der Waals surface area contributed by atoms with Crippen molar-refractivity contribution >= 4 is 43.8 Å². The predicted molar refractivity (Wildman–Crippen MR) is 99.8 cm³/mol. The van der Waals surface area contributed by atoms with Gasteiger partial charge >= 0.3 is 35.9 Å². The van der Waals surface area contributed by atoms with E-state index < -0.39 is 6.36 Å². The van der Waals surface area contributed by atoms with Gasteiger partial charge in [0.05, 0.1) is 11.0 Å². The van der Waals surface area contributed by atoms with Crippen LogP contribution in [-0.4, -0.2) is 12.4 Å². The van der Waals surface area contributed by atoms with E-state index in [1.165, 1.54) is 23.5 Å². The summed E-state index contributed by atoms with van der Waals surface area (Å²) < 4.78 is 43.0. The first kappa shape index (κ1) is 21.3. The molecule has 1 atom stereocenters. The number of rotatable bonds is 2. The van der Waals surface area contributed by atoms with Crippen LogP contribution in [0, 0.1) is 0 Å². The molecule has 3 aromatic rings. The SMILES string of the molecule is CC1Nc2sc3cc(-c4ccccc4OC(F)(F)F)ccc3c2C([O-])=C1Cl.[Na+]. The van der Waals surface area contributed by atoms with Crippen molar-refractivity contribution in [3.63, 3.8) is 0 Å².